The number of anilines is 1. The number of nitrogens with two attached hydrogens (primary N) is 1. The van der Waals surface area contributed by atoms with Crippen molar-refractivity contribution in [2.75, 3.05) is 19.8 Å². The number of esters is 1. The van der Waals surface area contributed by atoms with Crippen molar-refractivity contribution in [2.24, 2.45) is 0 Å². The van der Waals surface area contributed by atoms with Crippen LogP contribution >= 0.6 is 0 Å². The Bertz CT molecular complexity index is 1340. The zero-order chi connectivity index (χ0) is 24.2. The lowest BCUT2D eigenvalue weighted by Crippen LogP contribution is -2.21. The molecule has 4 rings (SSSR count). The predicted octanol–water partition coefficient (Wildman–Crippen LogP) is 3.70. The summed E-state index contributed by atoms with van der Waals surface area (Å²) in [7, 11) is 3.40. The molecule has 0 aliphatic heterocycles. The first-order valence-electron chi connectivity index (χ1n) is 10.3. The van der Waals surface area contributed by atoms with Crippen molar-refractivity contribution in [3.8, 4) is 34.3 Å². The van der Waals surface area contributed by atoms with Crippen molar-refractivity contribution in [3.05, 3.63) is 65.9 Å². The molecule has 2 aromatic heterocycles. The van der Waals surface area contributed by atoms with Gasteiger partial charge in [0, 0.05) is 40.6 Å². The van der Waals surface area contributed by atoms with E-state index in [9.17, 15) is 9.59 Å². The third-order valence-corrected chi connectivity index (χ3v) is 4.91. The van der Waals surface area contributed by atoms with E-state index < -0.39 is 0 Å². The highest BCUT2D eigenvalue weighted by molar-refractivity contribution is 5.94. The van der Waals surface area contributed by atoms with Gasteiger partial charge in [0.15, 0.2) is 11.5 Å². The van der Waals surface area contributed by atoms with E-state index in [2.05, 4.69) is 20.2 Å². The fourth-order valence-corrected chi connectivity index (χ4v) is 3.10. The zero-order valence-electron chi connectivity index (χ0n) is 18.8. The molecule has 0 aliphatic rings. The highest BCUT2D eigenvalue weighted by Crippen LogP contribution is 2.28. The molecule has 10 heteroatoms. The van der Waals surface area contributed by atoms with Gasteiger partial charge in [0.2, 0.25) is 5.89 Å². The lowest BCUT2D eigenvalue weighted by molar-refractivity contribution is -0.142. The molecule has 0 saturated heterocycles. The molecule has 0 bridgehead atoms. The maximum atomic E-state index is 12.1. The van der Waals surface area contributed by atoms with Gasteiger partial charge < -0.3 is 19.8 Å². The van der Waals surface area contributed by atoms with E-state index in [1.807, 2.05) is 12.1 Å². The van der Waals surface area contributed by atoms with Crippen LogP contribution in [-0.4, -0.2) is 51.0 Å². The number of amides is 1. The summed E-state index contributed by atoms with van der Waals surface area (Å²) in [4.78, 5) is 33.4. The fraction of sp³-hybridized carbons (Fsp3) is 0.167. The van der Waals surface area contributed by atoms with Crippen molar-refractivity contribution >= 4 is 17.7 Å². The minimum Gasteiger partial charge on any atom is -0.461 e. The van der Waals surface area contributed by atoms with Crippen LogP contribution in [0.4, 0.5) is 5.82 Å². The zero-order valence-corrected chi connectivity index (χ0v) is 18.8. The number of carbonyl (C=O) groups excluding carboxylic acids is 2. The van der Waals surface area contributed by atoms with Crippen LogP contribution < -0.4 is 5.73 Å². The van der Waals surface area contributed by atoms with Gasteiger partial charge in [0.05, 0.1) is 11.9 Å². The van der Waals surface area contributed by atoms with Crippen LogP contribution in [0.15, 0.2) is 59.1 Å². The van der Waals surface area contributed by atoms with E-state index in [4.69, 9.17) is 14.9 Å². The number of nitrogens with zero attached hydrogens (tertiary/aromatic N) is 5. The Hall–Kier alpha value is -4.60. The summed E-state index contributed by atoms with van der Waals surface area (Å²) < 4.78 is 10.8. The summed E-state index contributed by atoms with van der Waals surface area (Å²) in [5, 5.41) is 8.17. The first-order valence-corrected chi connectivity index (χ1v) is 10.3. The average molecular weight is 463 g/mol. The van der Waals surface area contributed by atoms with Gasteiger partial charge in [-0.15, -0.1) is 10.2 Å². The molecule has 34 heavy (non-hydrogen) atoms. The SMILES string of the molecule is CC(=O)OCc1ccc(-c2nnc(-c3nc(-c4ccc(C(=O)N(C)C)cc4)cnc3N)o2)cc1.[HH].[HH]. The first kappa shape index (κ1) is 22.6. The lowest BCUT2D eigenvalue weighted by atomic mass is 10.1. The molecule has 0 atom stereocenters. The smallest absolute Gasteiger partial charge is 0.302 e. The normalized spacial score (nSPS) is 10.7. The molecule has 0 radical (unpaired) electrons. The molecule has 4 aromatic rings. The molecule has 0 fully saturated rings. The van der Waals surface area contributed by atoms with E-state index in [1.165, 1.54) is 11.8 Å². The van der Waals surface area contributed by atoms with E-state index in [-0.39, 0.29) is 44.6 Å². The summed E-state index contributed by atoms with van der Waals surface area (Å²) >= 11 is 0. The van der Waals surface area contributed by atoms with Gasteiger partial charge in [-0.05, 0) is 29.8 Å². The van der Waals surface area contributed by atoms with Crippen LogP contribution in [0.1, 0.15) is 25.7 Å². The maximum absolute atomic E-state index is 12.1. The standard InChI is InChI=1S/C24H22N6O4.2H2/c1-14(31)33-13-15-4-6-17(7-5-15)22-28-29-23(34-22)20-21(25)26-12-19(27-20)16-8-10-18(11-9-16)24(32)30(2)3;;/h4-12H,13H2,1-3H3,(H2,25,26);2*1H. The molecule has 1 amide bonds. The molecular weight excluding hydrogens is 436 g/mol. The van der Waals surface area contributed by atoms with Crippen molar-refractivity contribution in [1.29, 1.82) is 0 Å². The molecule has 2 N–H and O–H groups in total. The van der Waals surface area contributed by atoms with Gasteiger partial charge in [0.1, 0.15) is 6.61 Å². The summed E-state index contributed by atoms with van der Waals surface area (Å²) in [6.07, 6.45) is 1.54. The molecule has 2 heterocycles. The van der Waals surface area contributed by atoms with Crippen LogP contribution in [0.25, 0.3) is 34.3 Å². The lowest BCUT2D eigenvalue weighted by Gasteiger charge is -2.10. The number of carbonyl (C=O) groups is 2. The number of rotatable bonds is 6. The Kier molecular flexibility index (Phi) is 6.30. The molecule has 2 aromatic carbocycles. The van der Waals surface area contributed by atoms with Gasteiger partial charge in [-0.25, -0.2) is 9.97 Å². The van der Waals surface area contributed by atoms with Crippen molar-refractivity contribution in [3.63, 3.8) is 0 Å². The Morgan fingerprint density at radius 1 is 1.00 bits per heavy atom. The number of hydrogen-bond donors (Lipinski definition) is 1. The van der Waals surface area contributed by atoms with Gasteiger partial charge >= 0.3 is 5.97 Å². The number of ether oxygens (including phenoxy) is 1. The minimum atomic E-state index is -0.343. The Morgan fingerprint density at radius 2 is 1.65 bits per heavy atom. The molecule has 0 aliphatic carbocycles. The number of aromatic nitrogens is 4. The number of benzene rings is 2. The first-order chi connectivity index (χ1) is 16.3. The van der Waals surface area contributed by atoms with Crippen LogP contribution in [0.2, 0.25) is 0 Å². The number of hydrogen-bond acceptors (Lipinski definition) is 9. The summed E-state index contributed by atoms with van der Waals surface area (Å²) in [6, 6.07) is 14.2. The van der Waals surface area contributed by atoms with E-state index in [1.54, 1.807) is 56.7 Å². The van der Waals surface area contributed by atoms with Crippen molar-refractivity contribution in [2.45, 2.75) is 13.5 Å². The molecule has 176 valence electrons. The maximum Gasteiger partial charge on any atom is 0.302 e. The van der Waals surface area contributed by atoms with Crippen LogP contribution in [0.3, 0.4) is 0 Å². The third kappa shape index (κ3) is 4.90. The monoisotopic (exact) mass is 462 g/mol. The van der Waals surface area contributed by atoms with E-state index >= 15 is 0 Å². The van der Waals surface area contributed by atoms with Crippen molar-refractivity contribution < 1.29 is 21.6 Å². The van der Waals surface area contributed by atoms with E-state index in [0.29, 0.717) is 16.8 Å². The average Bonchev–Trinajstić information content (AvgIpc) is 3.33. The second kappa shape index (κ2) is 9.49. The molecule has 0 unspecified atom stereocenters. The van der Waals surface area contributed by atoms with Crippen LogP contribution in [0, 0.1) is 0 Å². The second-order valence-electron chi connectivity index (χ2n) is 7.66. The number of nitrogen functional groups attached to an aromatic ring is 1. The Labute approximate surface area is 198 Å². The fourth-order valence-electron chi connectivity index (χ4n) is 3.10. The topological polar surface area (TPSA) is 137 Å². The van der Waals surface area contributed by atoms with Gasteiger partial charge in [-0.2, -0.15) is 0 Å². The van der Waals surface area contributed by atoms with Gasteiger partial charge in [-0.1, -0.05) is 24.3 Å². The summed E-state index contributed by atoms with van der Waals surface area (Å²) in [6.45, 7) is 1.55. The molecule has 0 saturated carbocycles. The van der Waals surface area contributed by atoms with E-state index in [0.717, 1.165) is 11.1 Å². The Balaban J connectivity index is 0.00000228. The molecular formula is C24H26N6O4. The van der Waals surface area contributed by atoms with Gasteiger partial charge in [-0.3, -0.25) is 9.59 Å². The molecule has 0 spiro atoms. The summed E-state index contributed by atoms with van der Waals surface area (Å²) in [5.41, 5.74) is 9.68. The Morgan fingerprint density at radius 3 is 2.29 bits per heavy atom. The molecule has 10 nitrogen and oxygen atoms in total. The summed E-state index contributed by atoms with van der Waals surface area (Å²) in [5.74, 6) is 0.130. The second-order valence-corrected chi connectivity index (χ2v) is 7.66. The predicted molar refractivity (Wildman–Crippen MR) is 128 cm³/mol. The van der Waals surface area contributed by atoms with Crippen LogP contribution in [0.5, 0.6) is 0 Å². The largest absolute Gasteiger partial charge is 0.461 e. The quantitative estimate of drug-likeness (QED) is 0.425. The van der Waals surface area contributed by atoms with Crippen molar-refractivity contribution in [1.82, 2.24) is 25.1 Å². The third-order valence-electron chi connectivity index (χ3n) is 4.91. The highest BCUT2D eigenvalue weighted by atomic mass is 16.5. The van der Waals surface area contributed by atoms with Crippen LogP contribution in [-0.2, 0) is 16.1 Å². The van der Waals surface area contributed by atoms with Gasteiger partial charge in [0.25, 0.3) is 11.8 Å². The highest BCUT2D eigenvalue weighted by Gasteiger charge is 2.17. The minimum absolute atomic E-state index is 0.